The fourth-order valence-electron chi connectivity index (χ4n) is 3.66. The fourth-order valence-corrected chi connectivity index (χ4v) is 4.91. The number of aliphatic hydroxyl groups excluding tert-OH is 1. The molecule has 1 N–H and O–H groups in total. The normalized spacial score (nSPS) is 43.0. The summed E-state index contributed by atoms with van der Waals surface area (Å²) in [5.41, 5.74) is 0. The first-order chi connectivity index (χ1) is 8.60. The molecule has 0 amide bonds. The lowest BCUT2D eigenvalue weighted by Crippen LogP contribution is -2.46. The molecule has 1 aliphatic heterocycles. The van der Waals surface area contributed by atoms with Crippen LogP contribution in [0.3, 0.4) is 0 Å². The van der Waals surface area contributed by atoms with Crippen molar-refractivity contribution in [2.45, 2.75) is 51.4 Å². The van der Waals surface area contributed by atoms with Gasteiger partial charge in [0.25, 0.3) is 0 Å². The SMILES string of the molecule is CCC1CN(CC2C(C)CC(C)CC2O)CCS1. The van der Waals surface area contributed by atoms with E-state index in [1.165, 1.54) is 31.7 Å². The second kappa shape index (κ2) is 6.62. The number of aliphatic hydroxyl groups is 1. The number of hydrogen-bond donors (Lipinski definition) is 1. The Balaban J connectivity index is 1.87. The van der Waals surface area contributed by atoms with Gasteiger partial charge < -0.3 is 10.0 Å². The Kier molecular flexibility index (Phi) is 5.40. The first kappa shape index (κ1) is 14.7. The summed E-state index contributed by atoms with van der Waals surface area (Å²) in [6.07, 6.45) is 3.51. The predicted octanol–water partition coefficient (Wildman–Crippen LogP) is 2.86. The van der Waals surface area contributed by atoms with E-state index in [9.17, 15) is 5.11 Å². The summed E-state index contributed by atoms with van der Waals surface area (Å²) in [5, 5.41) is 11.1. The highest BCUT2D eigenvalue weighted by molar-refractivity contribution is 8.00. The molecule has 3 heteroatoms. The third kappa shape index (κ3) is 3.64. The first-order valence-corrected chi connectivity index (χ1v) is 8.67. The van der Waals surface area contributed by atoms with Gasteiger partial charge in [0.2, 0.25) is 0 Å². The van der Waals surface area contributed by atoms with Crippen LogP contribution in [-0.4, -0.2) is 46.7 Å². The topological polar surface area (TPSA) is 23.5 Å². The van der Waals surface area contributed by atoms with Crippen LogP contribution in [0.25, 0.3) is 0 Å². The van der Waals surface area contributed by atoms with Gasteiger partial charge in [0, 0.05) is 36.6 Å². The zero-order valence-electron chi connectivity index (χ0n) is 12.1. The van der Waals surface area contributed by atoms with Gasteiger partial charge >= 0.3 is 0 Å². The fraction of sp³-hybridized carbons (Fsp3) is 1.00. The second-order valence-electron chi connectivity index (χ2n) is 6.45. The summed E-state index contributed by atoms with van der Waals surface area (Å²) in [6, 6.07) is 0. The van der Waals surface area contributed by atoms with E-state index >= 15 is 0 Å². The van der Waals surface area contributed by atoms with Gasteiger partial charge in [-0.05, 0) is 31.1 Å². The first-order valence-electron chi connectivity index (χ1n) is 7.62. The molecule has 5 atom stereocenters. The van der Waals surface area contributed by atoms with Crippen molar-refractivity contribution in [2.24, 2.45) is 17.8 Å². The maximum Gasteiger partial charge on any atom is 0.0585 e. The average molecular weight is 271 g/mol. The molecule has 1 saturated heterocycles. The molecule has 0 bridgehead atoms. The Hall–Kier alpha value is 0.270. The molecule has 18 heavy (non-hydrogen) atoms. The lowest BCUT2D eigenvalue weighted by molar-refractivity contribution is -0.00153. The van der Waals surface area contributed by atoms with Gasteiger partial charge in [-0.1, -0.05) is 20.8 Å². The molecular weight excluding hydrogens is 242 g/mol. The highest BCUT2D eigenvalue weighted by atomic mass is 32.2. The van der Waals surface area contributed by atoms with Gasteiger partial charge in [-0.3, -0.25) is 0 Å². The van der Waals surface area contributed by atoms with Crippen molar-refractivity contribution in [3.63, 3.8) is 0 Å². The summed E-state index contributed by atoms with van der Waals surface area (Å²) in [5.74, 6) is 3.15. The van der Waals surface area contributed by atoms with Crippen molar-refractivity contribution in [2.75, 3.05) is 25.4 Å². The van der Waals surface area contributed by atoms with E-state index in [4.69, 9.17) is 0 Å². The Morgan fingerprint density at radius 3 is 2.72 bits per heavy atom. The Morgan fingerprint density at radius 2 is 2.06 bits per heavy atom. The lowest BCUT2D eigenvalue weighted by atomic mass is 9.73. The van der Waals surface area contributed by atoms with E-state index < -0.39 is 0 Å². The highest BCUT2D eigenvalue weighted by Crippen LogP contribution is 2.35. The molecule has 0 aromatic carbocycles. The zero-order chi connectivity index (χ0) is 13.1. The minimum Gasteiger partial charge on any atom is -0.393 e. The number of nitrogens with zero attached hydrogens (tertiary/aromatic N) is 1. The smallest absolute Gasteiger partial charge is 0.0585 e. The average Bonchev–Trinajstić information content (AvgIpc) is 2.34. The summed E-state index contributed by atoms with van der Waals surface area (Å²) >= 11 is 2.13. The largest absolute Gasteiger partial charge is 0.393 e. The molecule has 2 aliphatic rings. The van der Waals surface area contributed by atoms with Crippen LogP contribution in [0, 0.1) is 17.8 Å². The molecule has 0 aromatic rings. The maximum absolute atomic E-state index is 10.3. The molecule has 5 unspecified atom stereocenters. The van der Waals surface area contributed by atoms with E-state index in [1.54, 1.807) is 0 Å². The van der Waals surface area contributed by atoms with E-state index in [2.05, 4.69) is 37.4 Å². The van der Waals surface area contributed by atoms with Crippen molar-refractivity contribution in [3.05, 3.63) is 0 Å². The van der Waals surface area contributed by atoms with Gasteiger partial charge in [0.05, 0.1) is 6.10 Å². The van der Waals surface area contributed by atoms with Crippen molar-refractivity contribution in [1.29, 1.82) is 0 Å². The molecule has 1 aliphatic carbocycles. The van der Waals surface area contributed by atoms with Crippen LogP contribution in [0.1, 0.15) is 40.0 Å². The Morgan fingerprint density at radius 1 is 1.28 bits per heavy atom. The van der Waals surface area contributed by atoms with E-state index in [0.29, 0.717) is 17.8 Å². The molecular formula is C15H29NOS. The lowest BCUT2D eigenvalue weighted by Gasteiger charge is -2.41. The Labute approximate surface area is 117 Å². The van der Waals surface area contributed by atoms with Crippen molar-refractivity contribution in [1.82, 2.24) is 4.90 Å². The minimum absolute atomic E-state index is 0.0709. The quantitative estimate of drug-likeness (QED) is 0.854. The molecule has 0 spiro atoms. The van der Waals surface area contributed by atoms with Gasteiger partial charge in [-0.2, -0.15) is 11.8 Å². The number of hydrogen-bond acceptors (Lipinski definition) is 3. The molecule has 106 valence electrons. The predicted molar refractivity (Wildman–Crippen MR) is 80.0 cm³/mol. The molecule has 0 radical (unpaired) electrons. The summed E-state index contributed by atoms with van der Waals surface area (Å²) in [7, 11) is 0. The summed E-state index contributed by atoms with van der Waals surface area (Å²) in [4.78, 5) is 2.60. The minimum atomic E-state index is -0.0709. The van der Waals surface area contributed by atoms with Crippen LogP contribution in [0.5, 0.6) is 0 Å². The monoisotopic (exact) mass is 271 g/mol. The van der Waals surface area contributed by atoms with Gasteiger partial charge in [-0.25, -0.2) is 0 Å². The standard InChI is InChI=1S/C15H29NOS/c1-4-13-9-16(5-6-18-13)10-14-12(3)7-11(2)8-15(14)17/h11-15,17H,4-10H2,1-3H3. The van der Waals surface area contributed by atoms with Crippen molar-refractivity contribution >= 4 is 11.8 Å². The van der Waals surface area contributed by atoms with Crippen LogP contribution >= 0.6 is 11.8 Å². The third-order valence-electron chi connectivity index (χ3n) is 4.79. The van der Waals surface area contributed by atoms with Gasteiger partial charge in [-0.15, -0.1) is 0 Å². The molecule has 0 aromatic heterocycles. The third-order valence-corrected chi connectivity index (χ3v) is 6.16. The van der Waals surface area contributed by atoms with Crippen LogP contribution in [0.2, 0.25) is 0 Å². The number of rotatable bonds is 3. The van der Waals surface area contributed by atoms with Crippen LogP contribution in [0.4, 0.5) is 0 Å². The molecule has 1 heterocycles. The second-order valence-corrected chi connectivity index (χ2v) is 7.85. The maximum atomic E-state index is 10.3. The van der Waals surface area contributed by atoms with Crippen LogP contribution < -0.4 is 0 Å². The number of thioether (sulfide) groups is 1. The zero-order valence-corrected chi connectivity index (χ0v) is 13.0. The van der Waals surface area contributed by atoms with Crippen LogP contribution in [0.15, 0.2) is 0 Å². The molecule has 2 nitrogen and oxygen atoms in total. The molecule has 1 saturated carbocycles. The van der Waals surface area contributed by atoms with E-state index in [0.717, 1.165) is 18.2 Å². The van der Waals surface area contributed by atoms with Crippen molar-refractivity contribution < 1.29 is 5.11 Å². The highest BCUT2D eigenvalue weighted by Gasteiger charge is 2.34. The molecule has 2 rings (SSSR count). The Bertz CT molecular complexity index is 249. The van der Waals surface area contributed by atoms with Gasteiger partial charge in [0.15, 0.2) is 0 Å². The van der Waals surface area contributed by atoms with E-state index in [-0.39, 0.29) is 6.10 Å². The van der Waals surface area contributed by atoms with Crippen LogP contribution in [-0.2, 0) is 0 Å². The summed E-state index contributed by atoms with van der Waals surface area (Å²) in [6.45, 7) is 10.5. The van der Waals surface area contributed by atoms with Gasteiger partial charge in [0.1, 0.15) is 0 Å². The molecule has 2 fully saturated rings. The van der Waals surface area contributed by atoms with E-state index in [1.807, 2.05) is 0 Å². The van der Waals surface area contributed by atoms with Crippen molar-refractivity contribution in [3.8, 4) is 0 Å². The summed E-state index contributed by atoms with van der Waals surface area (Å²) < 4.78 is 0.